The lowest BCUT2D eigenvalue weighted by molar-refractivity contribution is 0.0153. The molecule has 3 nitrogen and oxygen atoms in total. The predicted octanol–water partition coefficient (Wildman–Crippen LogP) is 1.94. The third-order valence-electron chi connectivity index (χ3n) is 3.15. The summed E-state index contributed by atoms with van der Waals surface area (Å²) in [4.78, 5) is 0. The number of rotatable bonds is 7. The zero-order valence-corrected chi connectivity index (χ0v) is 10.7. The first-order valence-corrected chi connectivity index (χ1v) is 6.67. The summed E-state index contributed by atoms with van der Waals surface area (Å²) in [6, 6.07) is 0.424. The van der Waals surface area contributed by atoms with Crippen LogP contribution in [0.1, 0.15) is 46.0 Å². The van der Waals surface area contributed by atoms with E-state index in [1.807, 2.05) is 0 Å². The first kappa shape index (κ1) is 13.9. The van der Waals surface area contributed by atoms with Crippen LogP contribution in [0.25, 0.3) is 0 Å². The Hall–Kier alpha value is -0.120. The number of nitrogens with one attached hydrogen (secondary N) is 1. The molecule has 1 aliphatic rings. The van der Waals surface area contributed by atoms with Crippen LogP contribution in [0.2, 0.25) is 0 Å². The zero-order valence-electron chi connectivity index (χ0n) is 10.7. The molecular weight excluding hydrogens is 202 g/mol. The molecule has 0 saturated heterocycles. The Morgan fingerprint density at radius 3 is 2.56 bits per heavy atom. The van der Waals surface area contributed by atoms with Gasteiger partial charge in [0.15, 0.2) is 0 Å². The Morgan fingerprint density at radius 1 is 1.25 bits per heavy atom. The molecular formula is C13H27NO2. The van der Waals surface area contributed by atoms with E-state index in [0.29, 0.717) is 19.2 Å². The van der Waals surface area contributed by atoms with Gasteiger partial charge in [0.2, 0.25) is 0 Å². The van der Waals surface area contributed by atoms with Gasteiger partial charge >= 0.3 is 0 Å². The van der Waals surface area contributed by atoms with E-state index in [9.17, 15) is 5.11 Å². The van der Waals surface area contributed by atoms with Crippen LogP contribution < -0.4 is 5.32 Å². The fourth-order valence-electron chi connectivity index (χ4n) is 2.16. The molecule has 0 amide bonds. The summed E-state index contributed by atoms with van der Waals surface area (Å²) in [6.07, 6.45) is 6.33. The molecule has 0 unspecified atom stereocenters. The molecule has 0 aromatic rings. The molecule has 96 valence electrons. The van der Waals surface area contributed by atoms with Crippen LogP contribution in [0, 0.1) is 5.92 Å². The van der Waals surface area contributed by atoms with Crippen molar-refractivity contribution in [2.24, 2.45) is 5.92 Å². The van der Waals surface area contributed by atoms with E-state index in [4.69, 9.17) is 4.74 Å². The molecule has 1 saturated carbocycles. The molecule has 0 aromatic heterocycles. The molecule has 0 bridgehead atoms. The van der Waals surface area contributed by atoms with Gasteiger partial charge in [-0.2, -0.15) is 0 Å². The summed E-state index contributed by atoms with van der Waals surface area (Å²) in [5.74, 6) is 0.735. The predicted molar refractivity (Wildman–Crippen MR) is 66.5 cm³/mol. The van der Waals surface area contributed by atoms with E-state index in [2.05, 4.69) is 19.2 Å². The highest BCUT2D eigenvalue weighted by Crippen LogP contribution is 2.23. The average Bonchev–Trinajstić information content (AvgIpc) is 2.28. The van der Waals surface area contributed by atoms with Crippen LogP contribution in [0.15, 0.2) is 0 Å². The highest BCUT2D eigenvalue weighted by molar-refractivity contribution is 4.66. The second kappa shape index (κ2) is 8.04. The second-order valence-electron chi connectivity index (χ2n) is 5.26. The first-order chi connectivity index (χ1) is 7.68. The van der Waals surface area contributed by atoms with Crippen molar-refractivity contribution in [1.29, 1.82) is 0 Å². The highest BCUT2D eigenvalue weighted by Gasteiger charge is 2.14. The number of hydrogen-bond acceptors (Lipinski definition) is 3. The van der Waals surface area contributed by atoms with Crippen LogP contribution in [0.4, 0.5) is 0 Å². The monoisotopic (exact) mass is 229 g/mol. The smallest absolute Gasteiger partial charge is 0.0897 e. The average molecular weight is 229 g/mol. The Bertz CT molecular complexity index is 167. The number of hydrogen-bond donors (Lipinski definition) is 2. The number of aliphatic hydroxyl groups is 1. The van der Waals surface area contributed by atoms with Crippen LogP contribution in [0.3, 0.4) is 0 Å². The van der Waals surface area contributed by atoms with E-state index >= 15 is 0 Å². The minimum Gasteiger partial charge on any atom is -0.389 e. The van der Waals surface area contributed by atoms with Gasteiger partial charge in [-0.1, -0.05) is 33.1 Å². The fourth-order valence-corrected chi connectivity index (χ4v) is 2.16. The topological polar surface area (TPSA) is 41.5 Å². The van der Waals surface area contributed by atoms with Crippen LogP contribution in [-0.4, -0.2) is 37.0 Å². The largest absolute Gasteiger partial charge is 0.389 e. The Kier molecular flexibility index (Phi) is 7.01. The van der Waals surface area contributed by atoms with Gasteiger partial charge in [-0.25, -0.2) is 0 Å². The molecule has 2 N–H and O–H groups in total. The highest BCUT2D eigenvalue weighted by atomic mass is 16.5. The van der Waals surface area contributed by atoms with Gasteiger partial charge in [0.05, 0.1) is 12.7 Å². The van der Waals surface area contributed by atoms with Crippen LogP contribution in [0.5, 0.6) is 0 Å². The van der Waals surface area contributed by atoms with Crippen molar-refractivity contribution < 1.29 is 9.84 Å². The number of ether oxygens (including phenoxy) is 1. The van der Waals surface area contributed by atoms with Crippen molar-refractivity contribution in [3.63, 3.8) is 0 Å². The molecule has 1 fully saturated rings. The summed E-state index contributed by atoms with van der Waals surface area (Å²) in [7, 11) is 0. The quantitative estimate of drug-likeness (QED) is 0.701. The van der Waals surface area contributed by atoms with Crippen molar-refractivity contribution in [2.45, 2.75) is 58.1 Å². The van der Waals surface area contributed by atoms with Crippen molar-refractivity contribution in [1.82, 2.24) is 5.32 Å². The molecule has 0 aromatic carbocycles. The maximum absolute atomic E-state index is 9.64. The summed E-state index contributed by atoms with van der Waals surface area (Å²) in [6.45, 7) is 6.09. The minimum atomic E-state index is -0.369. The number of aliphatic hydroxyl groups excluding tert-OH is 1. The van der Waals surface area contributed by atoms with E-state index < -0.39 is 0 Å². The van der Waals surface area contributed by atoms with Crippen LogP contribution >= 0.6 is 0 Å². The van der Waals surface area contributed by atoms with Crippen molar-refractivity contribution >= 4 is 0 Å². The summed E-state index contributed by atoms with van der Waals surface area (Å²) < 4.78 is 5.58. The van der Waals surface area contributed by atoms with Gasteiger partial charge < -0.3 is 15.2 Å². The van der Waals surface area contributed by atoms with E-state index in [0.717, 1.165) is 12.5 Å². The molecule has 1 aliphatic carbocycles. The van der Waals surface area contributed by atoms with Crippen LogP contribution in [-0.2, 0) is 4.74 Å². The maximum atomic E-state index is 9.64. The first-order valence-electron chi connectivity index (χ1n) is 6.67. The van der Waals surface area contributed by atoms with Gasteiger partial charge in [0.25, 0.3) is 0 Å². The minimum absolute atomic E-state index is 0.369. The molecule has 1 atom stereocenters. The Labute approximate surface area is 99.6 Å². The van der Waals surface area contributed by atoms with E-state index in [1.54, 1.807) is 0 Å². The molecule has 0 radical (unpaired) electrons. The lowest BCUT2D eigenvalue weighted by Gasteiger charge is -2.22. The van der Waals surface area contributed by atoms with Crippen molar-refractivity contribution in [2.75, 3.05) is 19.8 Å². The van der Waals surface area contributed by atoms with Crippen molar-refractivity contribution in [3.05, 3.63) is 0 Å². The molecule has 16 heavy (non-hydrogen) atoms. The van der Waals surface area contributed by atoms with Gasteiger partial charge in [-0.3, -0.25) is 0 Å². The maximum Gasteiger partial charge on any atom is 0.0897 e. The van der Waals surface area contributed by atoms with Gasteiger partial charge in [-0.15, -0.1) is 0 Å². The molecule has 3 heteroatoms. The lowest BCUT2D eigenvalue weighted by atomic mass is 9.90. The normalized spacial score (nSPS) is 20.2. The zero-order chi connectivity index (χ0) is 11.8. The Morgan fingerprint density at radius 2 is 1.94 bits per heavy atom. The summed E-state index contributed by atoms with van der Waals surface area (Å²) in [5.41, 5.74) is 0. The summed E-state index contributed by atoms with van der Waals surface area (Å²) in [5, 5.41) is 12.8. The standard InChI is InChI=1S/C13H27NO2/c1-11(2)14-8-13(15)10-16-9-12-6-4-3-5-7-12/h11-15H,3-10H2,1-2H3/t13-/m1/s1. The summed E-state index contributed by atoms with van der Waals surface area (Å²) >= 11 is 0. The molecule has 1 rings (SSSR count). The molecule has 0 aliphatic heterocycles. The molecule has 0 heterocycles. The third kappa shape index (κ3) is 6.46. The van der Waals surface area contributed by atoms with Gasteiger partial charge in [-0.05, 0) is 18.8 Å². The lowest BCUT2D eigenvalue weighted by Crippen LogP contribution is -2.34. The van der Waals surface area contributed by atoms with Crippen molar-refractivity contribution in [3.8, 4) is 0 Å². The molecule has 0 spiro atoms. The fraction of sp³-hybridized carbons (Fsp3) is 1.00. The third-order valence-corrected chi connectivity index (χ3v) is 3.15. The Balaban J connectivity index is 1.96. The van der Waals surface area contributed by atoms with Gasteiger partial charge in [0, 0.05) is 19.2 Å². The SMILES string of the molecule is CC(C)NC[C@@H](O)COCC1CCCCC1. The second-order valence-corrected chi connectivity index (χ2v) is 5.26. The van der Waals surface area contributed by atoms with Gasteiger partial charge in [0.1, 0.15) is 0 Å². The van der Waals surface area contributed by atoms with E-state index in [-0.39, 0.29) is 6.10 Å². The van der Waals surface area contributed by atoms with E-state index in [1.165, 1.54) is 32.1 Å².